The Morgan fingerprint density at radius 2 is 1.87 bits per heavy atom. The lowest BCUT2D eigenvalue weighted by Gasteiger charge is -2.15. The van der Waals surface area contributed by atoms with E-state index in [9.17, 15) is 33.0 Å². The molecule has 0 radical (unpaired) electrons. The number of carboxylic acid groups (broad SMARTS) is 1. The summed E-state index contributed by atoms with van der Waals surface area (Å²) in [6, 6.07) is 1.87. The molecule has 126 valence electrons. The van der Waals surface area contributed by atoms with E-state index in [0.717, 1.165) is 12.1 Å². The van der Waals surface area contributed by atoms with Crippen molar-refractivity contribution in [2.24, 2.45) is 0 Å². The van der Waals surface area contributed by atoms with Crippen LogP contribution < -0.4 is 5.69 Å². The number of halogens is 4. The molecule has 0 saturated heterocycles. The topological polar surface area (TPSA) is 113 Å². The van der Waals surface area contributed by atoms with Crippen LogP contribution in [0.5, 0.6) is 11.5 Å². The summed E-state index contributed by atoms with van der Waals surface area (Å²) in [6.07, 6.45) is -5.56. The first-order chi connectivity index (χ1) is 10.1. The molecule has 2 aromatic rings. The molecular formula is C12H10F3IN2O5. The number of rotatable bonds is 3. The number of hydrogen-bond donors (Lipinski definition) is 3. The molecule has 1 heterocycles. The maximum absolute atomic E-state index is 13.0. The highest BCUT2D eigenvalue weighted by Gasteiger charge is 2.37. The monoisotopic (exact) mass is 446 g/mol. The molecule has 23 heavy (non-hydrogen) atoms. The Kier molecular flexibility index (Phi) is 5.45. The molecule has 2 rings (SSSR count). The molecule has 0 aliphatic carbocycles. The molecule has 3 N–H and O–H groups in total. The molecule has 0 aliphatic heterocycles. The predicted molar refractivity (Wildman–Crippen MR) is 82.0 cm³/mol. The molecule has 11 heteroatoms. The summed E-state index contributed by atoms with van der Waals surface area (Å²) in [6.45, 7) is -0.431. The second-order valence-electron chi connectivity index (χ2n) is 4.36. The first-order valence-corrected chi connectivity index (χ1v) is 5.87. The summed E-state index contributed by atoms with van der Waals surface area (Å²) in [5.74, 6) is -3.16. The van der Waals surface area contributed by atoms with Crippen LogP contribution in [-0.4, -0.2) is 30.8 Å². The lowest BCUT2D eigenvalue weighted by molar-refractivity contribution is -0.140. The Balaban J connectivity index is 0.00000264. The van der Waals surface area contributed by atoms with Gasteiger partial charge in [0, 0.05) is 6.54 Å². The van der Waals surface area contributed by atoms with E-state index in [1.165, 1.54) is 0 Å². The van der Waals surface area contributed by atoms with E-state index in [0.29, 0.717) is 4.57 Å². The van der Waals surface area contributed by atoms with Crippen molar-refractivity contribution >= 4 is 40.8 Å². The fourth-order valence-electron chi connectivity index (χ4n) is 1.97. The van der Waals surface area contributed by atoms with Gasteiger partial charge in [0.1, 0.15) is 0 Å². The van der Waals surface area contributed by atoms with E-state index in [1.807, 2.05) is 0 Å². The zero-order chi connectivity index (χ0) is 16.7. The quantitative estimate of drug-likeness (QED) is 0.491. The highest BCUT2D eigenvalue weighted by atomic mass is 127. The van der Waals surface area contributed by atoms with Crippen molar-refractivity contribution < 1.29 is 33.3 Å². The molecule has 0 fully saturated rings. The summed E-state index contributed by atoms with van der Waals surface area (Å²) in [5.41, 5.74) is -3.32. The zero-order valence-electron chi connectivity index (χ0n) is 11.2. The van der Waals surface area contributed by atoms with Crippen LogP contribution in [0.4, 0.5) is 13.2 Å². The standard InChI is InChI=1S/C12H9F3N2O5.HI/c13-12(14,15)10-8-5(1-2-6(18)9(8)21)17(11(22)16-10)4-3-7(19)20;/h1-2,18,21H,3-4H2,(H,19,20);1H. The van der Waals surface area contributed by atoms with Gasteiger partial charge < -0.3 is 15.3 Å². The van der Waals surface area contributed by atoms with Crippen LogP contribution in [0.3, 0.4) is 0 Å². The van der Waals surface area contributed by atoms with Crippen molar-refractivity contribution in [2.45, 2.75) is 19.1 Å². The van der Waals surface area contributed by atoms with Crippen LogP contribution in [0, 0.1) is 0 Å². The molecule has 1 aromatic carbocycles. The number of nitrogens with zero attached hydrogens (tertiary/aromatic N) is 2. The first-order valence-electron chi connectivity index (χ1n) is 5.87. The van der Waals surface area contributed by atoms with Crippen LogP contribution in [0.2, 0.25) is 0 Å². The Bertz CT molecular complexity index is 819. The van der Waals surface area contributed by atoms with Crippen LogP contribution in [-0.2, 0) is 17.5 Å². The van der Waals surface area contributed by atoms with Crippen LogP contribution in [0.15, 0.2) is 16.9 Å². The molecular weight excluding hydrogens is 436 g/mol. The van der Waals surface area contributed by atoms with Gasteiger partial charge in [-0.3, -0.25) is 9.36 Å². The van der Waals surface area contributed by atoms with Crippen molar-refractivity contribution in [3.05, 3.63) is 28.3 Å². The number of aryl methyl sites for hydroxylation is 1. The Hall–Kier alpha value is -2.05. The van der Waals surface area contributed by atoms with Gasteiger partial charge in [0.2, 0.25) is 0 Å². The second kappa shape index (κ2) is 6.60. The summed E-state index contributed by atoms with van der Waals surface area (Å²) < 4.78 is 39.6. The largest absolute Gasteiger partial charge is 0.504 e. The maximum atomic E-state index is 13.0. The van der Waals surface area contributed by atoms with E-state index in [4.69, 9.17) is 5.11 Å². The van der Waals surface area contributed by atoms with Gasteiger partial charge in [-0.15, -0.1) is 24.0 Å². The van der Waals surface area contributed by atoms with Crippen LogP contribution in [0.25, 0.3) is 10.9 Å². The van der Waals surface area contributed by atoms with E-state index < -0.39 is 53.4 Å². The Morgan fingerprint density at radius 3 is 2.39 bits per heavy atom. The number of aromatic hydroxyl groups is 2. The number of phenolic OH excluding ortho intramolecular Hbond substituents is 2. The van der Waals surface area contributed by atoms with Crippen LogP contribution >= 0.6 is 24.0 Å². The predicted octanol–water partition coefficient (Wildman–Crippen LogP) is 1.92. The molecule has 0 saturated carbocycles. The van der Waals surface area contributed by atoms with E-state index in [2.05, 4.69) is 4.98 Å². The number of hydrogen-bond acceptors (Lipinski definition) is 5. The third-order valence-corrected chi connectivity index (χ3v) is 2.92. The number of aliphatic carboxylic acids is 1. The highest BCUT2D eigenvalue weighted by Crippen LogP contribution is 2.40. The minimum atomic E-state index is -5.03. The minimum absolute atomic E-state index is 0. The van der Waals surface area contributed by atoms with Crippen molar-refractivity contribution in [1.29, 1.82) is 0 Å². The number of aromatic nitrogens is 2. The number of benzene rings is 1. The normalized spacial score (nSPS) is 11.3. The summed E-state index contributed by atoms with van der Waals surface area (Å²) >= 11 is 0. The number of phenols is 2. The van der Waals surface area contributed by atoms with Gasteiger partial charge in [-0.2, -0.15) is 18.2 Å². The van der Waals surface area contributed by atoms with Crippen molar-refractivity contribution in [3.8, 4) is 11.5 Å². The van der Waals surface area contributed by atoms with Gasteiger partial charge in [0.25, 0.3) is 0 Å². The van der Waals surface area contributed by atoms with Gasteiger partial charge in [0.15, 0.2) is 17.2 Å². The number of carboxylic acids is 1. The Morgan fingerprint density at radius 1 is 1.26 bits per heavy atom. The molecule has 0 bridgehead atoms. The van der Waals surface area contributed by atoms with Gasteiger partial charge in [-0.25, -0.2) is 4.79 Å². The van der Waals surface area contributed by atoms with Crippen molar-refractivity contribution in [1.82, 2.24) is 9.55 Å². The van der Waals surface area contributed by atoms with Gasteiger partial charge in [0.05, 0.1) is 17.3 Å². The third kappa shape index (κ3) is 3.65. The second-order valence-corrected chi connectivity index (χ2v) is 4.36. The SMILES string of the molecule is I.O=C(O)CCn1c(=O)nc(C(F)(F)F)c2c(O)c(O)ccc21. The van der Waals surface area contributed by atoms with E-state index in [1.54, 1.807) is 0 Å². The fraction of sp³-hybridized carbons (Fsp3) is 0.250. The number of carbonyl (C=O) groups is 1. The average Bonchev–Trinajstić information content (AvgIpc) is 2.39. The lowest BCUT2D eigenvalue weighted by Crippen LogP contribution is -2.28. The third-order valence-electron chi connectivity index (χ3n) is 2.92. The van der Waals surface area contributed by atoms with Crippen molar-refractivity contribution in [3.63, 3.8) is 0 Å². The number of alkyl halides is 3. The minimum Gasteiger partial charge on any atom is -0.504 e. The fourth-order valence-corrected chi connectivity index (χ4v) is 1.97. The molecule has 0 spiro atoms. The van der Waals surface area contributed by atoms with E-state index >= 15 is 0 Å². The molecule has 0 unspecified atom stereocenters. The summed E-state index contributed by atoms with van der Waals surface area (Å²) in [5, 5.41) is 26.8. The molecule has 7 nitrogen and oxygen atoms in total. The highest BCUT2D eigenvalue weighted by molar-refractivity contribution is 14.0. The number of fused-ring (bicyclic) bond motifs is 1. The Labute approximate surface area is 143 Å². The first kappa shape index (κ1) is 19.0. The molecule has 0 atom stereocenters. The average molecular weight is 446 g/mol. The van der Waals surface area contributed by atoms with Gasteiger partial charge in [-0.1, -0.05) is 0 Å². The maximum Gasteiger partial charge on any atom is 0.434 e. The molecule has 0 amide bonds. The van der Waals surface area contributed by atoms with Gasteiger partial charge in [-0.05, 0) is 12.1 Å². The summed E-state index contributed by atoms with van der Waals surface area (Å²) in [7, 11) is 0. The lowest BCUT2D eigenvalue weighted by atomic mass is 10.1. The van der Waals surface area contributed by atoms with E-state index in [-0.39, 0.29) is 29.5 Å². The zero-order valence-corrected chi connectivity index (χ0v) is 13.5. The van der Waals surface area contributed by atoms with Crippen molar-refractivity contribution in [2.75, 3.05) is 0 Å². The van der Waals surface area contributed by atoms with Crippen LogP contribution in [0.1, 0.15) is 12.1 Å². The smallest absolute Gasteiger partial charge is 0.434 e. The summed E-state index contributed by atoms with van der Waals surface area (Å²) in [4.78, 5) is 25.2. The molecule has 1 aromatic heterocycles. The van der Waals surface area contributed by atoms with Gasteiger partial charge >= 0.3 is 17.8 Å². The molecule has 0 aliphatic rings.